The van der Waals surface area contributed by atoms with E-state index in [9.17, 15) is 0 Å². The summed E-state index contributed by atoms with van der Waals surface area (Å²) >= 11 is 0. The van der Waals surface area contributed by atoms with E-state index in [-0.39, 0.29) is 0 Å². The van der Waals surface area contributed by atoms with Crippen LogP contribution < -0.4 is 5.32 Å². The molecule has 0 spiro atoms. The second-order valence-electron chi connectivity index (χ2n) is 4.25. The average Bonchev–Trinajstić information content (AvgIpc) is 2.17. The Morgan fingerprint density at radius 3 is 2.80 bits per heavy atom. The lowest BCUT2D eigenvalue weighted by Gasteiger charge is -2.29. The molecule has 1 saturated carbocycles. The molecule has 1 aliphatic rings. The van der Waals surface area contributed by atoms with Crippen molar-refractivity contribution in [2.24, 2.45) is 0 Å². The zero-order chi connectivity index (χ0) is 10.9. The van der Waals surface area contributed by atoms with Crippen LogP contribution in [0.3, 0.4) is 0 Å². The summed E-state index contributed by atoms with van der Waals surface area (Å²) in [5.41, 5.74) is 0. The van der Waals surface area contributed by atoms with Gasteiger partial charge in [0.2, 0.25) is 0 Å². The van der Waals surface area contributed by atoms with Crippen LogP contribution in [0.5, 0.6) is 0 Å². The number of ether oxygens (including phenoxy) is 2. The van der Waals surface area contributed by atoms with Crippen molar-refractivity contribution in [3.8, 4) is 0 Å². The van der Waals surface area contributed by atoms with Gasteiger partial charge in [0, 0.05) is 19.8 Å². The maximum atomic E-state index is 5.82. The Kier molecular flexibility index (Phi) is 6.98. The van der Waals surface area contributed by atoms with Crippen molar-refractivity contribution >= 4 is 0 Å². The molecule has 0 aliphatic heterocycles. The van der Waals surface area contributed by atoms with E-state index < -0.39 is 0 Å². The monoisotopic (exact) mass is 215 g/mol. The standard InChI is InChI=1S/C12H25NO2/c1-3-14-9-5-8-13-10-11(2)15-12-6-4-7-12/h11-13H,3-10H2,1-2H3. The van der Waals surface area contributed by atoms with Gasteiger partial charge in [-0.1, -0.05) is 0 Å². The molecule has 0 amide bonds. The Hall–Kier alpha value is -0.120. The number of hydrogen-bond acceptors (Lipinski definition) is 3. The van der Waals surface area contributed by atoms with Crippen LogP contribution in [0, 0.1) is 0 Å². The summed E-state index contributed by atoms with van der Waals surface area (Å²) in [6, 6.07) is 0. The smallest absolute Gasteiger partial charge is 0.0675 e. The van der Waals surface area contributed by atoms with Gasteiger partial charge in [0.25, 0.3) is 0 Å². The van der Waals surface area contributed by atoms with Crippen LogP contribution in [0.25, 0.3) is 0 Å². The fourth-order valence-corrected chi connectivity index (χ4v) is 1.63. The summed E-state index contributed by atoms with van der Waals surface area (Å²) in [4.78, 5) is 0. The minimum absolute atomic E-state index is 0.349. The second-order valence-corrected chi connectivity index (χ2v) is 4.25. The Bertz CT molecular complexity index is 149. The van der Waals surface area contributed by atoms with Crippen molar-refractivity contribution in [2.45, 2.75) is 51.7 Å². The van der Waals surface area contributed by atoms with Crippen molar-refractivity contribution in [1.82, 2.24) is 5.32 Å². The van der Waals surface area contributed by atoms with Gasteiger partial charge in [-0.05, 0) is 46.1 Å². The van der Waals surface area contributed by atoms with Gasteiger partial charge < -0.3 is 14.8 Å². The van der Waals surface area contributed by atoms with Gasteiger partial charge in [-0.3, -0.25) is 0 Å². The molecule has 0 aromatic rings. The Labute approximate surface area is 93.5 Å². The Morgan fingerprint density at radius 2 is 2.20 bits per heavy atom. The van der Waals surface area contributed by atoms with Crippen LogP contribution in [-0.2, 0) is 9.47 Å². The van der Waals surface area contributed by atoms with Crippen LogP contribution in [0.4, 0.5) is 0 Å². The van der Waals surface area contributed by atoms with Crippen molar-refractivity contribution in [2.75, 3.05) is 26.3 Å². The SMILES string of the molecule is CCOCCCNCC(C)OC1CCC1. The van der Waals surface area contributed by atoms with Gasteiger partial charge in [-0.15, -0.1) is 0 Å². The Balaban J connectivity index is 1.81. The first-order valence-electron chi connectivity index (χ1n) is 6.27. The molecule has 3 nitrogen and oxygen atoms in total. The van der Waals surface area contributed by atoms with Gasteiger partial charge in [0.05, 0.1) is 12.2 Å². The molecule has 90 valence electrons. The number of rotatable bonds is 9. The van der Waals surface area contributed by atoms with Crippen molar-refractivity contribution < 1.29 is 9.47 Å². The third-order valence-corrected chi connectivity index (χ3v) is 2.76. The van der Waals surface area contributed by atoms with E-state index >= 15 is 0 Å². The summed E-state index contributed by atoms with van der Waals surface area (Å²) < 4.78 is 11.1. The largest absolute Gasteiger partial charge is 0.382 e. The molecule has 1 atom stereocenters. The lowest BCUT2D eigenvalue weighted by Crippen LogP contribution is -2.33. The topological polar surface area (TPSA) is 30.5 Å². The summed E-state index contributed by atoms with van der Waals surface area (Å²) in [5.74, 6) is 0. The maximum absolute atomic E-state index is 5.82. The molecular formula is C12H25NO2. The average molecular weight is 215 g/mol. The van der Waals surface area contributed by atoms with Gasteiger partial charge in [-0.25, -0.2) is 0 Å². The lowest BCUT2D eigenvalue weighted by molar-refractivity contribution is -0.0418. The summed E-state index contributed by atoms with van der Waals surface area (Å²) in [5, 5.41) is 3.39. The molecule has 0 aromatic carbocycles. The van der Waals surface area contributed by atoms with E-state index in [0.29, 0.717) is 12.2 Å². The van der Waals surface area contributed by atoms with E-state index in [4.69, 9.17) is 9.47 Å². The molecule has 0 heterocycles. The van der Waals surface area contributed by atoms with E-state index in [1.807, 2.05) is 6.92 Å². The molecule has 15 heavy (non-hydrogen) atoms. The first-order valence-corrected chi connectivity index (χ1v) is 6.27. The fraction of sp³-hybridized carbons (Fsp3) is 1.00. The summed E-state index contributed by atoms with van der Waals surface area (Å²) in [6.07, 6.45) is 5.85. The van der Waals surface area contributed by atoms with Gasteiger partial charge in [0.1, 0.15) is 0 Å². The molecule has 1 N–H and O–H groups in total. The molecule has 0 aromatic heterocycles. The molecule has 3 heteroatoms. The second kappa shape index (κ2) is 8.08. The third-order valence-electron chi connectivity index (χ3n) is 2.76. The summed E-state index contributed by atoms with van der Waals surface area (Å²) in [7, 11) is 0. The molecule has 1 aliphatic carbocycles. The van der Waals surface area contributed by atoms with Crippen LogP contribution in [-0.4, -0.2) is 38.5 Å². The lowest BCUT2D eigenvalue weighted by atomic mass is 9.96. The minimum Gasteiger partial charge on any atom is -0.382 e. The predicted molar refractivity (Wildman–Crippen MR) is 62.2 cm³/mol. The highest BCUT2D eigenvalue weighted by atomic mass is 16.5. The highest BCUT2D eigenvalue weighted by Gasteiger charge is 2.19. The first-order chi connectivity index (χ1) is 7.33. The van der Waals surface area contributed by atoms with Crippen LogP contribution in [0.1, 0.15) is 39.5 Å². The first kappa shape index (κ1) is 12.9. The predicted octanol–water partition coefficient (Wildman–Crippen LogP) is 1.96. The highest BCUT2D eigenvalue weighted by molar-refractivity contribution is 4.71. The van der Waals surface area contributed by atoms with E-state index in [1.165, 1.54) is 19.3 Å². The minimum atomic E-state index is 0.349. The van der Waals surface area contributed by atoms with E-state index in [2.05, 4.69) is 12.2 Å². The third kappa shape index (κ3) is 6.13. The Morgan fingerprint density at radius 1 is 1.40 bits per heavy atom. The maximum Gasteiger partial charge on any atom is 0.0675 e. The molecule has 0 radical (unpaired) electrons. The van der Waals surface area contributed by atoms with E-state index in [1.54, 1.807) is 0 Å². The molecule has 0 bridgehead atoms. The molecule has 1 fully saturated rings. The number of hydrogen-bond donors (Lipinski definition) is 1. The fourth-order valence-electron chi connectivity index (χ4n) is 1.63. The molecular weight excluding hydrogens is 190 g/mol. The van der Waals surface area contributed by atoms with Crippen molar-refractivity contribution in [3.63, 3.8) is 0 Å². The molecule has 1 rings (SSSR count). The zero-order valence-electron chi connectivity index (χ0n) is 10.1. The molecule has 1 unspecified atom stereocenters. The van der Waals surface area contributed by atoms with Gasteiger partial charge in [-0.2, -0.15) is 0 Å². The van der Waals surface area contributed by atoms with Crippen molar-refractivity contribution in [1.29, 1.82) is 0 Å². The quantitative estimate of drug-likeness (QED) is 0.596. The van der Waals surface area contributed by atoms with Gasteiger partial charge in [0.15, 0.2) is 0 Å². The zero-order valence-corrected chi connectivity index (χ0v) is 10.1. The van der Waals surface area contributed by atoms with Gasteiger partial charge >= 0.3 is 0 Å². The van der Waals surface area contributed by atoms with Crippen LogP contribution in [0.2, 0.25) is 0 Å². The van der Waals surface area contributed by atoms with Crippen molar-refractivity contribution in [3.05, 3.63) is 0 Å². The van der Waals surface area contributed by atoms with Crippen LogP contribution in [0.15, 0.2) is 0 Å². The van der Waals surface area contributed by atoms with E-state index in [0.717, 1.165) is 32.7 Å². The normalized spacial score (nSPS) is 18.8. The van der Waals surface area contributed by atoms with Crippen LogP contribution >= 0.6 is 0 Å². The highest BCUT2D eigenvalue weighted by Crippen LogP contribution is 2.22. The number of nitrogens with one attached hydrogen (secondary N) is 1. The molecule has 0 saturated heterocycles. The summed E-state index contributed by atoms with van der Waals surface area (Å²) in [6.45, 7) is 7.85.